The van der Waals surface area contributed by atoms with Gasteiger partial charge in [0.1, 0.15) is 5.82 Å². The second-order valence-corrected chi connectivity index (χ2v) is 6.25. The normalized spacial score (nSPS) is 14.4. The zero-order chi connectivity index (χ0) is 14.7. The molecule has 1 heterocycles. The first kappa shape index (κ1) is 14.5. The Balaban J connectivity index is 2.12. The Morgan fingerprint density at radius 1 is 1.10 bits per heavy atom. The fraction of sp³-hybridized carbons (Fsp3) is 0.412. The maximum atomic E-state index is 4.87. The molecule has 0 amide bonds. The van der Waals surface area contributed by atoms with Gasteiger partial charge in [0.05, 0.1) is 0 Å². The number of fused-ring (bicyclic) bond motifs is 1. The number of hydrogen-bond acceptors (Lipinski definition) is 3. The Bertz CT molecular complexity index is 640. The third-order valence-electron chi connectivity index (χ3n) is 3.89. The SMILES string of the molecule is CCNc1nc(-c2ccccc2Br)nc2c1CCCCC2. The van der Waals surface area contributed by atoms with Crippen molar-refractivity contribution in [3.8, 4) is 11.4 Å². The molecule has 0 atom stereocenters. The van der Waals surface area contributed by atoms with Crippen LogP contribution in [0.5, 0.6) is 0 Å². The van der Waals surface area contributed by atoms with Crippen molar-refractivity contribution >= 4 is 21.7 Å². The highest BCUT2D eigenvalue weighted by molar-refractivity contribution is 9.10. The van der Waals surface area contributed by atoms with Crippen molar-refractivity contribution in [2.75, 3.05) is 11.9 Å². The first-order valence-corrected chi connectivity index (χ1v) is 8.47. The molecule has 0 saturated carbocycles. The van der Waals surface area contributed by atoms with Crippen LogP contribution in [0.1, 0.15) is 37.4 Å². The summed E-state index contributed by atoms with van der Waals surface area (Å²) in [6.07, 6.45) is 5.90. The summed E-state index contributed by atoms with van der Waals surface area (Å²) in [6.45, 7) is 3.00. The molecule has 21 heavy (non-hydrogen) atoms. The van der Waals surface area contributed by atoms with E-state index in [0.717, 1.165) is 41.1 Å². The standard InChI is InChI=1S/C17H20BrN3/c1-2-19-16-13-9-4-3-5-11-15(13)20-17(21-16)12-8-6-7-10-14(12)18/h6-8,10H,2-5,9,11H2,1H3,(H,19,20,21). The summed E-state index contributed by atoms with van der Waals surface area (Å²) < 4.78 is 1.04. The van der Waals surface area contributed by atoms with Gasteiger partial charge >= 0.3 is 0 Å². The van der Waals surface area contributed by atoms with Crippen molar-refractivity contribution in [1.29, 1.82) is 0 Å². The molecule has 0 aliphatic heterocycles. The number of benzene rings is 1. The molecule has 1 N–H and O–H groups in total. The molecule has 3 nitrogen and oxygen atoms in total. The van der Waals surface area contributed by atoms with Gasteiger partial charge < -0.3 is 5.32 Å². The van der Waals surface area contributed by atoms with Crippen molar-refractivity contribution < 1.29 is 0 Å². The first-order valence-electron chi connectivity index (χ1n) is 7.68. The second kappa shape index (κ2) is 6.56. The molecule has 0 fully saturated rings. The van der Waals surface area contributed by atoms with Crippen LogP contribution in [-0.2, 0) is 12.8 Å². The van der Waals surface area contributed by atoms with E-state index in [-0.39, 0.29) is 0 Å². The molecule has 4 heteroatoms. The Hall–Kier alpha value is -1.42. The van der Waals surface area contributed by atoms with Crippen LogP contribution in [0.3, 0.4) is 0 Å². The van der Waals surface area contributed by atoms with Gasteiger partial charge in [0, 0.05) is 27.8 Å². The van der Waals surface area contributed by atoms with Crippen LogP contribution in [0.2, 0.25) is 0 Å². The van der Waals surface area contributed by atoms with Gasteiger partial charge in [-0.25, -0.2) is 9.97 Å². The number of anilines is 1. The van der Waals surface area contributed by atoms with Crippen molar-refractivity contribution in [3.63, 3.8) is 0 Å². The van der Waals surface area contributed by atoms with E-state index >= 15 is 0 Å². The Morgan fingerprint density at radius 2 is 1.90 bits per heavy atom. The van der Waals surface area contributed by atoms with Gasteiger partial charge in [-0.1, -0.05) is 40.5 Å². The number of rotatable bonds is 3. The molecule has 1 aromatic heterocycles. The molecule has 0 spiro atoms. The maximum absolute atomic E-state index is 4.87. The van der Waals surface area contributed by atoms with E-state index in [2.05, 4.69) is 34.2 Å². The van der Waals surface area contributed by atoms with Crippen LogP contribution in [0.4, 0.5) is 5.82 Å². The summed E-state index contributed by atoms with van der Waals surface area (Å²) >= 11 is 3.61. The first-order chi connectivity index (χ1) is 10.3. The van der Waals surface area contributed by atoms with Gasteiger partial charge in [0.2, 0.25) is 0 Å². The molecule has 0 saturated heterocycles. The summed E-state index contributed by atoms with van der Waals surface area (Å²) in [5.74, 6) is 1.84. The van der Waals surface area contributed by atoms with Crippen LogP contribution in [-0.4, -0.2) is 16.5 Å². The fourth-order valence-corrected chi connectivity index (χ4v) is 3.31. The van der Waals surface area contributed by atoms with Crippen LogP contribution in [0.25, 0.3) is 11.4 Å². The zero-order valence-electron chi connectivity index (χ0n) is 12.3. The molecule has 1 aliphatic rings. The van der Waals surface area contributed by atoms with E-state index in [9.17, 15) is 0 Å². The number of nitrogens with one attached hydrogen (secondary N) is 1. The van der Waals surface area contributed by atoms with Crippen LogP contribution < -0.4 is 5.32 Å². The second-order valence-electron chi connectivity index (χ2n) is 5.39. The molecule has 2 aromatic rings. The molecule has 110 valence electrons. The molecule has 0 unspecified atom stereocenters. The van der Waals surface area contributed by atoms with E-state index in [1.807, 2.05) is 18.2 Å². The summed E-state index contributed by atoms with van der Waals surface area (Å²) in [5.41, 5.74) is 3.61. The van der Waals surface area contributed by atoms with Gasteiger partial charge in [0.25, 0.3) is 0 Å². The summed E-state index contributed by atoms with van der Waals surface area (Å²) in [4.78, 5) is 9.66. The predicted octanol–water partition coefficient (Wildman–Crippen LogP) is 4.61. The van der Waals surface area contributed by atoms with E-state index < -0.39 is 0 Å². The van der Waals surface area contributed by atoms with Crippen molar-refractivity contribution in [2.45, 2.75) is 39.0 Å². The number of aromatic nitrogens is 2. The fourth-order valence-electron chi connectivity index (χ4n) is 2.85. The highest BCUT2D eigenvalue weighted by Crippen LogP contribution is 2.30. The third kappa shape index (κ3) is 3.10. The van der Waals surface area contributed by atoms with Crippen LogP contribution >= 0.6 is 15.9 Å². The van der Waals surface area contributed by atoms with Crippen molar-refractivity contribution in [1.82, 2.24) is 9.97 Å². The minimum atomic E-state index is 0.819. The average Bonchev–Trinajstić information content (AvgIpc) is 2.73. The number of aryl methyl sites for hydroxylation is 1. The monoisotopic (exact) mass is 345 g/mol. The predicted molar refractivity (Wildman–Crippen MR) is 90.6 cm³/mol. The zero-order valence-corrected chi connectivity index (χ0v) is 13.9. The van der Waals surface area contributed by atoms with Crippen molar-refractivity contribution in [2.24, 2.45) is 0 Å². The van der Waals surface area contributed by atoms with E-state index in [1.165, 1.54) is 30.5 Å². The Labute approximate surface area is 134 Å². The lowest BCUT2D eigenvalue weighted by Crippen LogP contribution is -2.09. The number of halogens is 1. The number of hydrogen-bond donors (Lipinski definition) is 1. The molecule has 1 aromatic carbocycles. The minimum Gasteiger partial charge on any atom is -0.370 e. The maximum Gasteiger partial charge on any atom is 0.162 e. The number of nitrogens with zero attached hydrogens (tertiary/aromatic N) is 2. The molecular weight excluding hydrogens is 326 g/mol. The smallest absolute Gasteiger partial charge is 0.162 e. The lowest BCUT2D eigenvalue weighted by atomic mass is 10.1. The summed E-state index contributed by atoms with van der Waals surface area (Å²) in [6, 6.07) is 8.15. The Kier molecular flexibility index (Phi) is 4.54. The molecular formula is C17H20BrN3. The largest absolute Gasteiger partial charge is 0.370 e. The summed E-state index contributed by atoms with van der Waals surface area (Å²) in [7, 11) is 0. The van der Waals surface area contributed by atoms with E-state index in [0.29, 0.717) is 0 Å². The van der Waals surface area contributed by atoms with E-state index in [1.54, 1.807) is 0 Å². The van der Waals surface area contributed by atoms with Gasteiger partial charge in [-0.3, -0.25) is 0 Å². The minimum absolute atomic E-state index is 0.819. The third-order valence-corrected chi connectivity index (χ3v) is 4.58. The average molecular weight is 346 g/mol. The van der Waals surface area contributed by atoms with Gasteiger partial charge in [-0.2, -0.15) is 0 Å². The van der Waals surface area contributed by atoms with Crippen molar-refractivity contribution in [3.05, 3.63) is 40.0 Å². The molecule has 0 bridgehead atoms. The molecule has 1 aliphatic carbocycles. The van der Waals surface area contributed by atoms with Gasteiger partial charge in [-0.15, -0.1) is 0 Å². The summed E-state index contributed by atoms with van der Waals surface area (Å²) in [5, 5.41) is 3.43. The quantitative estimate of drug-likeness (QED) is 0.825. The lowest BCUT2D eigenvalue weighted by molar-refractivity contribution is 0.709. The molecule has 0 radical (unpaired) electrons. The van der Waals surface area contributed by atoms with Crippen LogP contribution in [0, 0.1) is 0 Å². The highest BCUT2D eigenvalue weighted by Gasteiger charge is 2.17. The topological polar surface area (TPSA) is 37.8 Å². The highest BCUT2D eigenvalue weighted by atomic mass is 79.9. The van der Waals surface area contributed by atoms with E-state index in [4.69, 9.17) is 9.97 Å². The van der Waals surface area contributed by atoms with Crippen LogP contribution in [0.15, 0.2) is 28.7 Å². The Morgan fingerprint density at radius 3 is 2.71 bits per heavy atom. The van der Waals surface area contributed by atoms with Gasteiger partial charge in [-0.05, 0) is 38.7 Å². The molecule has 3 rings (SSSR count). The van der Waals surface area contributed by atoms with Gasteiger partial charge in [0.15, 0.2) is 5.82 Å². The lowest BCUT2D eigenvalue weighted by Gasteiger charge is -2.14.